The van der Waals surface area contributed by atoms with Crippen molar-refractivity contribution in [3.05, 3.63) is 23.3 Å². The molecule has 1 aromatic rings. The van der Waals surface area contributed by atoms with Crippen molar-refractivity contribution in [2.45, 2.75) is 52.3 Å². The van der Waals surface area contributed by atoms with Gasteiger partial charge in [0, 0.05) is 56.3 Å². The van der Waals surface area contributed by atoms with Crippen LogP contribution in [0.2, 0.25) is 0 Å². The SMILES string of the molecule is CCNC(=NCc1cc2c(cc1OCC)CC(C)O2)N1CCC(N2CCOCC2)C1. The van der Waals surface area contributed by atoms with Crippen LogP contribution in [0, 0.1) is 0 Å². The number of rotatable bonds is 6. The third-order valence-corrected chi connectivity index (χ3v) is 6.14. The Bertz CT molecular complexity index is 748. The van der Waals surface area contributed by atoms with E-state index >= 15 is 0 Å². The normalized spacial score (nSPS) is 24.6. The highest BCUT2D eigenvalue weighted by Crippen LogP contribution is 2.35. The summed E-state index contributed by atoms with van der Waals surface area (Å²) in [4.78, 5) is 9.95. The summed E-state index contributed by atoms with van der Waals surface area (Å²) >= 11 is 0. The summed E-state index contributed by atoms with van der Waals surface area (Å²) < 4.78 is 17.4. The molecule has 3 aliphatic heterocycles. The molecule has 1 aromatic carbocycles. The van der Waals surface area contributed by atoms with Crippen LogP contribution in [-0.4, -0.2) is 80.4 Å². The molecule has 7 nitrogen and oxygen atoms in total. The third kappa shape index (κ3) is 4.83. The fourth-order valence-corrected chi connectivity index (χ4v) is 4.66. The molecule has 0 bridgehead atoms. The fraction of sp³-hybridized carbons (Fsp3) is 0.696. The number of likely N-dealkylation sites (tertiary alicyclic amines) is 1. The molecule has 4 rings (SSSR count). The monoisotopic (exact) mass is 416 g/mol. The van der Waals surface area contributed by atoms with Crippen molar-refractivity contribution in [3.8, 4) is 11.5 Å². The summed E-state index contributed by atoms with van der Waals surface area (Å²) in [6.45, 7) is 14.2. The van der Waals surface area contributed by atoms with E-state index in [1.165, 1.54) is 12.0 Å². The highest BCUT2D eigenvalue weighted by atomic mass is 16.5. The average Bonchev–Trinajstić information content (AvgIpc) is 3.38. The Labute approximate surface area is 180 Å². The molecule has 0 spiro atoms. The lowest BCUT2D eigenvalue weighted by molar-refractivity contribution is 0.0195. The molecular formula is C23H36N4O3. The summed E-state index contributed by atoms with van der Waals surface area (Å²) in [7, 11) is 0. The third-order valence-electron chi connectivity index (χ3n) is 6.14. The van der Waals surface area contributed by atoms with Gasteiger partial charge in [-0.25, -0.2) is 4.99 Å². The first kappa shape index (κ1) is 21.2. The smallest absolute Gasteiger partial charge is 0.194 e. The first-order valence-corrected chi connectivity index (χ1v) is 11.5. The van der Waals surface area contributed by atoms with E-state index in [-0.39, 0.29) is 6.10 Å². The predicted octanol–water partition coefficient (Wildman–Crippen LogP) is 2.28. The van der Waals surface area contributed by atoms with Gasteiger partial charge in [0.05, 0.1) is 26.4 Å². The molecular weight excluding hydrogens is 380 g/mol. The molecule has 0 amide bonds. The Morgan fingerprint density at radius 2 is 2.07 bits per heavy atom. The van der Waals surface area contributed by atoms with Gasteiger partial charge in [-0.3, -0.25) is 4.90 Å². The van der Waals surface area contributed by atoms with Gasteiger partial charge < -0.3 is 24.4 Å². The van der Waals surface area contributed by atoms with Gasteiger partial charge in [-0.1, -0.05) is 0 Å². The lowest BCUT2D eigenvalue weighted by Crippen LogP contribution is -2.46. The zero-order valence-corrected chi connectivity index (χ0v) is 18.7. The summed E-state index contributed by atoms with van der Waals surface area (Å²) in [5.41, 5.74) is 2.32. The molecule has 3 aliphatic rings. The largest absolute Gasteiger partial charge is 0.494 e. The Balaban J connectivity index is 1.47. The van der Waals surface area contributed by atoms with Crippen molar-refractivity contribution < 1.29 is 14.2 Å². The van der Waals surface area contributed by atoms with E-state index in [0.29, 0.717) is 19.2 Å². The fourth-order valence-electron chi connectivity index (χ4n) is 4.66. The summed E-state index contributed by atoms with van der Waals surface area (Å²) in [6.07, 6.45) is 2.35. The topological polar surface area (TPSA) is 58.6 Å². The van der Waals surface area contributed by atoms with Crippen molar-refractivity contribution in [2.24, 2.45) is 4.99 Å². The molecule has 0 aliphatic carbocycles. The van der Waals surface area contributed by atoms with E-state index < -0.39 is 0 Å². The second kappa shape index (κ2) is 9.88. The maximum absolute atomic E-state index is 5.97. The van der Waals surface area contributed by atoms with Crippen LogP contribution in [0.25, 0.3) is 0 Å². The van der Waals surface area contributed by atoms with Gasteiger partial charge in [-0.05, 0) is 39.3 Å². The van der Waals surface area contributed by atoms with Crippen molar-refractivity contribution >= 4 is 5.96 Å². The number of hydrogen-bond donors (Lipinski definition) is 1. The number of ether oxygens (including phenoxy) is 3. The predicted molar refractivity (Wildman–Crippen MR) is 119 cm³/mol. The van der Waals surface area contributed by atoms with Crippen LogP contribution < -0.4 is 14.8 Å². The first-order chi connectivity index (χ1) is 14.7. The van der Waals surface area contributed by atoms with Crippen molar-refractivity contribution in [3.63, 3.8) is 0 Å². The minimum Gasteiger partial charge on any atom is -0.494 e. The van der Waals surface area contributed by atoms with Gasteiger partial charge in [0.15, 0.2) is 5.96 Å². The molecule has 7 heteroatoms. The molecule has 2 atom stereocenters. The number of nitrogens with zero attached hydrogens (tertiary/aromatic N) is 3. The van der Waals surface area contributed by atoms with Gasteiger partial charge in [0.25, 0.3) is 0 Å². The zero-order valence-electron chi connectivity index (χ0n) is 18.7. The van der Waals surface area contributed by atoms with Gasteiger partial charge in [-0.2, -0.15) is 0 Å². The van der Waals surface area contributed by atoms with Crippen LogP contribution in [0.15, 0.2) is 17.1 Å². The maximum atomic E-state index is 5.97. The Morgan fingerprint density at radius 3 is 2.83 bits per heavy atom. The highest BCUT2D eigenvalue weighted by molar-refractivity contribution is 5.80. The van der Waals surface area contributed by atoms with E-state index in [9.17, 15) is 0 Å². The number of morpholine rings is 1. The Kier molecular flexibility index (Phi) is 7.00. The number of benzene rings is 1. The number of fused-ring (bicyclic) bond motifs is 1. The quantitative estimate of drug-likeness (QED) is 0.567. The lowest BCUT2D eigenvalue weighted by Gasteiger charge is -2.32. The van der Waals surface area contributed by atoms with Crippen LogP contribution in [0.1, 0.15) is 38.3 Å². The minimum atomic E-state index is 0.229. The van der Waals surface area contributed by atoms with Crippen LogP contribution in [-0.2, 0) is 17.7 Å². The van der Waals surface area contributed by atoms with Crippen LogP contribution in [0.4, 0.5) is 0 Å². The summed E-state index contributed by atoms with van der Waals surface area (Å²) in [5.74, 6) is 2.90. The minimum absolute atomic E-state index is 0.229. The molecule has 1 N–H and O–H groups in total. The first-order valence-electron chi connectivity index (χ1n) is 11.5. The van der Waals surface area contributed by atoms with E-state index in [0.717, 1.165) is 75.4 Å². The molecule has 0 aromatic heterocycles. The van der Waals surface area contributed by atoms with Crippen molar-refractivity contribution in [1.29, 1.82) is 0 Å². The highest BCUT2D eigenvalue weighted by Gasteiger charge is 2.30. The summed E-state index contributed by atoms with van der Waals surface area (Å²) in [6, 6.07) is 4.86. The molecule has 0 saturated carbocycles. The van der Waals surface area contributed by atoms with Crippen molar-refractivity contribution in [1.82, 2.24) is 15.1 Å². The molecule has 0 radical (unpaired) electrons. The molecule has 166 valence electrons. The zero-order chi connectivity index (χ0) is 20.9. The molecule has 2 saturated heterocycles. The van der Waals surface area contributed by atoms with Crippen LogP contribution in [0.5, 0.6) is 11.5 Å². The van der Waals surface area contributed by atoms with Gasteiger partial charge in [-0.15, -0.1) is 0 Å². The van der Waals surface area contributed by atoms with Gasteiger partial charge in [0.1, 0.15) is 17.6 Å². The molecule has 3 heterocycles. The van der Waals surface area contributed by atoms with Gasteiger partial charge >= 0.3 is 0 Å². The number of hydrogen-bond acceptors (Lipinski definition) is 5. The number of nitrogens with one attached hydrogen (secondary N) is 1. The van der Waals surface area contributed by atoms with Crippen LogP contribution in [0.3, 0.4) is 0 Å². The Morgan fingerprint density at radius 1 is 1.23 bits per heavy atom. The molecule has 2 fully saturated rings. The molecule has 30 heavy (non-hydrogen) atoms. The Hall–Kier alpha value is -1.99. The number of guanidine groups is 1. The van der Waals surface area contributed by atoms with Crippen molar-refractivity contribution in [2.75, 3.05) is 52.5 Å². The van der Waals surface area contributed by atoms with Gasteiger partial charge in [0.2, 0.25) is 0 Å². The lowest BCUT2D eigenvalue weighted by atomic mass is 10.1. The van der Waals surface area contributed by atoms with Crippen LogP contribution >= 0.6 is 0 Å². The van der Waals surface area contributed by atoms with E-state index in [1.54, 1.807) is 0 Å². The van der Waals surface area contributed by atoms with E-state index in [1.807, 2.05) is 6.92 Å². The van der Waals surface area contributed by atoms with E-state index in [4.69, 9.17) is 19.2 Å². The standard InChI is InChI=1S/C23H36N4O3/c1-4-24-23(27-7-6-20(16-27)26-8-10-28-11-9-26)25-15-19-14-22-18(12-17(3)30-22)13-21(19)29-5-2/h13-14,17,20H,4-12,15-16H2,1-3H3,(H,24,25). The molecule has 2 unspecified atom stereocenters. The second-order valence-corrected chi connectivity index (χ2v) is 8.34. The second-order valence-electron chi connectivity index (χ2n) is 8.34. The van der Waals surface area contributed by atoms with E-state index in [2.05, 4.69) is 41.1 Å². The summed E-state index contributed by atoms with van der Waals surface area (Å²) in [5, 5.41) is 3.49. The average molecular weight is 417 g/mol. The maximum Gasteiger partial charge on any atom is 0.194 e. The number of aliphatic imine (C=N–C) groups is 1.